The Hall–Kier alpha value is -2.94. The minimum atomic E-state index is 0.798. The van der Waals surface area contributed by atoms with E-state index < -0.39 is 0 Å². The average Bonchev–Trinajstić information content (AvgIpc) is 2.95. The van der Waals surface area contributed by atoms with Gasteiger partial charge in [-0.25, -0.2) is 4.98 Å². The lowest BCUT2D eigenvalue weighted by molar-refractivity contribution is 0.833. The van der Waals surface area contributed by atoms with Gasteiger partial charge in [0.15, 0.2) is 0 Å². The zero-order valence-electron chi connectivity index (χ0n) is 13.0. The lowest BCUT2D eigenvalue weighted by Crippen LogP contribution is -2.02. The number of pyridine rings is 1. The summed E-state index contributed by atoms with van der Waals surface area (Å²) < 4.78 is 2.26. The number of nitrogens with zero attached hydrogens (tertiary/aromatic N) is 3. The maximum absolute atomic E-state index is 4.82. The molecule has 0 saturated heterocycles. The molecule has 4 aromatic rings. The standard InChI is InChI=1S/C20H17N3/c1-15-6-4-7-16(12-15)14-23-19-10-3-2-9-18(19)22-20(23)17-8-5-11-21-13-17/h2-13H,14H2,1H3. The van der Waals surface area contributed by atoms with E-state index in [-0.39, 0.29) is 0 Å². The maximum atomic E-state index is 4.82. The van der Waals surface area contributed by atoms with Crippen LogP contribution in [0, 0.1) is 6.92 Å². The van der Waals surface area contributed by atoms with E-state index in [2.05, 4.69) is 65.0 Å². The molecule has 3 nitrogen and oxygen atoms in total. The van der Waals surface area contributed by atoms with Gasteiger partial charge in [-0.05, 0) is 36.8 Å². The summed E-state index contributed by atoms with van der Waals surface area (Å²) in [6.45, 7) is 2.92. The molecule has 2 heterocycles. The van der Waals surface area contributed by atoms with Crippen LogP contribution in [0.3, 0.4) is 0 Å². The lowest BCUT2D eigenvalue weighted by atomic mass is 10.1. The Morgan fingerprint density at radius 2 is 1.87 bits per heavy atom. The van der Waals surface area contributed by atoms with Gasteiger partial charge in [0, 0.05) is 24.5 Å². The molecule has 0 atom stereocenters. The van der Waals surface area contributed by atoms with Crippen molar-refractivity contribution in [1.82, 2.24) is 14.5 Å². The van der Waals surface area contributed by atoms with Crippen LogP contribution in [-0.4, -0.2) is 14.5 Å². The number of rotatable bonds is 3. The molecular formula is C20H17N3. The molecule has 23 heavy (non-hydrogen) atoms. The van der Waals surface area contributed by atoms with Crippen LogP contribution < -0.4 is 0 Å². The first-order valence-electron chi connectivity index (χ1n) is 7.72. The minimum absolute atomic E-state index is 0.798. The predicted octanol–water partition coefficient (Wildman–Crippen LogP) is 4.46. The molecule has 0 radical (unpaired) electrons. The summed E-state index contributed by atoms with van der Waals surface area (Å²) in [6, 6.07) is 20.9. The fourth-order valence-corrected chi connectivity index (χ4v) is 2.94. The molecular weight excluding hydrogens is 282 g/mol. The van der Waals surface area contributed by atoms with E-state index in [1.54, 1.807) is 6.20 Å². The minimum Gasteiger partial charge on any atom is -0.319 e. The molecule has 0 unspecified atom stereocenters. The first-order chi connectivity index (χ1) is 11.3. The van der Waals surface area contributed by atoms with Crippen molar-refractivity contribution in [3.05, 3.63) is 84.2 Å². The molecule has 0 saturated carbocycles. The van der Waals surface area contributed by atoms with Gasteiger partial charge in [-0.2, -0.15) is 0 Å². The van der Waals surface area contributed by atoms with Crippen molar-refractivity contribution in [2.75, 3.05) is 0 Å². The average molecular weight is 299 g/mol. The zero-order valence-corrected chi connectivity index (χ0v) is 13.0. The Bertz CT molecular complexity index is 955. The second-order valence-electron chi connectivity index (χ2n) is 5.74. The summed E-state index contributed by atoms with van der Waals surface area (Å²) in [5, 5.41) is 0. The summed E-state index contributed by atoms with van der Waals surface area (Å²) in [5.74, 6) is 0.959. The quantitative estimate of drug-likeness (QED) is 0.559. The van der Waals surface area contributed by atoms with Crippen LogP contribution in [0.1, 0.15) is 11.1 Å². The molecule has 2 aromatic heterocycles. The molecule has 0 N–H and O–H groups in total. The highest BCUT2D eigenvalue weighted by molar-refractivity contribution is 5.80. The molecule has 4 rings (SSSR count). The van der Waals surface area contributed by atoms with Gasteiger partial charge in [0.2, 0.25) is 0 Å². The summed E-state index contributed by atoms with van der Waals surface area (Å²) in [6.07, 6.45) is 3.66. The fourth-order valence-electron chi connectivity index (χ4n) is 2.94. The van der Waals surface area contributed by atoms with Crippen molar-refractivity contribution in [3.63, 3.8) is 0 Å². The van der Waals surface area contributed by atoms with Gasteiger partial charge < -0.3 is 4.57 Å². The van der Waals surface area contributed by atoms with Gasteiger partial charge in [0.25, 0.3) is 0 Å². The van der Waals surface area contributed by atoms with Gasteiger partial charge >= 0.3 is 0 Å². The third-order valence-electron chi connectivity index (χ3n) is 4.00. The van der Waals surface area contributed by atoms with Crippen molar-refractivity contribution in [1.29, 1.82) is 0 Å². The predicted molar refractivity (Wildman–Crippen MR) is 93.2 cm³/mol. The highest BCUT2D eigenvalue weighted by atomic mass is 15.1. The number of para-hydroxylation sites is 2. The number of hydrogen-bond donors (Lipinski definition) is 0. The normalized spacial score (nSPS) is 11.0. The van der Waals surface area contributed by atoms with E-state index in [4.69, 9.17) is 4.98 Å². The molecule has 0 aliphatic heterocycles. The van der Waals surface area contributed by atoms with E-state index in [9.17, 15) is 0 Å². The summed E-state index contributed by atoms with van der Waals surface area (Å²) in [7, 11) is 0. The molecule has 2 aromatic carbocycles. The summed E-state index contributed by atoms with van der Waals surface area (Å²) in [4.78, 5) is 9.06. The maximum Gasteiger partial charge on any atom is 0.143 e. The molecule has 3 heteroatoms. The Kier molecular flexibility index (Phi) is 3.39. The third kappa shape index (κ3) is 2.61. The highest BCUT2D eigenvalue weighted by Crippen LogP contribution is 2.25. The number of aromatic nitrogens is 3. The van der Waals surface area contributed by atoms with Gasteiger partial charge in [-0.15, -0.1) is 0 Å². The zero-order chi connectivity index (χ0) is 15.6. The summed E-state index contributed by atoms with van der Waals surface area (Å²) >= 11 is 0. The second kappa shape index (κ2) is 5.69. The first-order valence-corrected chi connectivity index (χ1v) is 7.72. The van der Waals surface area contributed by atoms with Crippen molar-refractivity contribution in [3.8, 4) is 11.4 Å². The van der Waals surface area contributed by atoms with Crippen molar-refractivity contribution in [2.24, 2.45) is 0 Å². The first kappa shape index (κ1) is 13.7. The van der Waals surface area contributed by atoms with Crippen molar-refractivity contribution >= 4 is 11.0 Å². The van der Waals surface area contributed by atoms with Crippen LogP contribution in [0.15, 0.2) is 73.1 Å². The van der Waals surface area contributed by atoms with Crippen LogP contribution in [0.5, 0.6) is 0 Å². The molecule has 112 valence electrons. The van der Waals surface area contributed by atoms with Crippen molar-refractivity contribution in [2.45, 2.75) is 13.5 Å². The van der Waals surface area contributed by atoms with Crippen LogP contribution in [0.25, 0.3) is 22.4 Å². The van der Waals surface area contributed by atoms with E-state index >= 15 is 0 Å². The molecule has 0 aliphatic carbocycles. The Morgan fingerprint density at radius 1 is 0.957 bits per heavy atom. The van der Waals surface area contributed by atoms with Crippen LogP contribution >= 0.6 is 0 Å². The Labute approximate surface area is 135 Å². The molecule has 0 fully saturated rings. The summed E-state index contributed by atoms with van der Waals surface area (Å²) in [5.41, 5.74) is 5.75. The number of hydrogen-bond acceptors (Lipinski definition) is 2. The van der Waals surface area contributed by atoms with E-state index in [1.807, 2.05) is 18.3 Å². The Morgan fingerprint density at radius 3 is 2.70 bits per heavy atom. The van der Waals surface area contributed by atoms with Gasteiger partial charge in [-0.3, -0.25) is 4.98 Å². The number of aryl methyl sites for hydroxylation is 1. The third-order valence-corrected chi connectivity index (χ3v) is 4.00. The largest absolute Gasteiger partial charge is 0.319 e. The number of fused-ring (bicyclic) bond motifs is 1. The SMILES string of the molecule is Cc1cccc(Cn2c(-c3cccnc3)nc3ccccc32)c1. The Balaban J connectivity index is 1.89. The smallest absolute Gasteiger partial charge is 0.143 e. The number of imidazole rings is 1. The van der Waals surface area contributed by atoms with E-state index in [1.165, 1.54) is 11.1 Å². The van der Waals surface area contributed by atoms with Crippen molar-refractivity contribution < 1.29 is 0 Å². The van der Waals surface area contributed by atoms with Gasteiger partial charge in [0.1, 0.15) is 5.82 Å². The fraction of sp³-hybridized carbons (Fsp3) is 0.100. The number of benzene rings is 2. The van der Waals surface area contributed by atoms with Gasteiger partial charge in [-0.1, -0.05) is 42.0 Å². The molecule has 0 amide bonds. The molecule has 0 bridgehead atoms. The highest BCUT2D eigenvalue weighted by Gasteiger charge is 2.12. The van der Waals surface area contributed by atoms with Crippen LogP contribution in [-0.2, 0) is 6.54 Å². The molecule has 0 spiro atoms. The van der Waals surface area contributed by atoms with E-state index in [0.29, 0.717) is 0 Å². The second-order valence-corrected chi connectivity index (χ2v) is 5.74. The van der Waals surface area contributed by atoms with Crippen LogP contribution in [0.4, 0.5) is 0 Å². The lowest BCUT2D eigenvalue weighted by Gasteiger charge is -2.10. The van der Waals surface area contributed by atoms with Gasteiger partial charge in [0.05, 0.1) is 11.0 Å². The van der Waals surface area contributed by atoms with E-state index in [0.717, 1.165) is 29.0 Å². The van der Waals surface area contributed by atoms with Crippen LogP contribution in [0.2, 0.25) is 0 Å². The monoisotopic (exact) mass is 299 g/mol. The topological polar surface area (TPSA) is 30.7 Å². The molecule has 0 aliphatic rings.